The van der Waals surface area contributed by atoms with E-state index >= 15 is 0 Å². The fraction of sp³-hybridized carbons (Fsp3) is 0.750. The Kier molecular flexibility index (Phi) is 13.9. The van der Waals surface area contributed by atoms with Crippen molar-refractivity contribution in [3.63, 3.8) is 0 Å². The van der Waals surface area contributed by atoms with Gasteiger partial charge in [0.1, 0.15) is 0 Å². The summed E-state index contributed by atoms with van der Waals surface area (Å²) in [5.74, 6) is 1.74. The highest BCUT2D eigenvalue weighted by molar-refractivity contribution is 5.68. The molecule has 214 valence electrons. The SMILES string of the molecule is CCOC(=O)NCc1ccc(CCCC2CCCCC2)c(CCCC2CCCCC2)c1CNC(=O)OCC. The first-order chi connectivity index (χ1) is 18.6. The quantitative estimate of drug-likeness (QED) is 0.257. The molecule has 2 saturated carbocycles. The number of ether oxygens (including phenoxy) is 2. The number of nitrogens with one attached hydrogen (secondary N) is 2. The van der Waals surface area contributed by atoms with Gasteiger partial charge in [-0.1, -0.05) is 89.2 Å². The van der Waals surface area contributed by atoms with Crippen molar-refractivity contribution in [3.8, 4) is 0 Å². The zero-order valence-corrected chi connectivity index (χ0v) is 24.1. The molecule has 0 bridgehead atoms. The van der Waals surface area contributed by atoms with E-state index in [1.807, 2.05) is 6.92 Å². The van der Waals surface area contributed by atoms with Gasteiger partial charge in [-0.05, 0) is 73.6 Å². The molecule has 2 N–H and O–H groups in total. The van der Waals surface area contributed by atoms with Crippen LogP contribution in [0, 0.1) is 11.8 Å². The van der Waals surface area contributed by atoms with Gasteiger partial charge in [0.25, 0.3) is 0 Å². The van der Waals surface area contributed by atoms with Crippen molar-refractivity contribution < 1.29 is 19.1 Å². The average molecular weight is 529 g/mol. The van der Waals surface area contributed by atoms with E-state index in [2.05, 4.69) is 22.8 Å². The Balaban J connectivity index is 1.77. The van der Waals surface area contributed by atoms with E-state index in [0.717, 1.165) is 35.8 Å². The lowest BCUT2D eigenvalue weighted by Crippen LogP contribution is -2.28. The lowest BCUT2D eigenvalue weighted by Gasteiger charge is -2.24. The van der Waals surface area contributed by atoms with Crippen LogP contribution in [0.4, 0.5) is 9.59 Å². The van der Waals surface area contributed by atoms with Crippen LogP contribution in [0.5, 0.6) is 0 Å². The summed E-state index contributed by atoms with van der Waals surface area (Å²) < 4.78 is 10.2. The highest BCUT2D eigenvalue weighted by Gasteiger charge is 2.19. The third-order valence-electron chi connectivity index (χ3n) is 8.56. The van der Waals surface area contributed by atoms with Crippen LogP contribution in [0.3, 0.4) is 0 Å². The number of alkyl carbamates (subject to hydrolysis) is 2. The molecule has 0 radical (unpaired) electrons. The smallest absolute Gasteiger partial charge is 0.407 e. The molecule has 0 aliphatic heterocycles. The number of hydrogen-bond donors (Lipinski definition) is 2. The average Bonchev–Trinajstić information content (AvgIpc) is 2.93. The number of benzene rings is 1. The molecular weight excluding hydrogens is 476 g/mol. The van der Waals surface area contributed by atoms with E-state index in [-0.39, 0.29) is 0 Å². The lowest BCUT2D eigenvalue weighted by molar-refractivity contribution is 0.150. The second kappa shape index (κ2) is 17.4. The van der Waals surface area contributed by atoms with Crippen molar-refractivity contribution in [1.82, 2.24) is 10.6 Å². The van der Waals surface area contributed by atoms with Crippen LogP contribution in [0.15, 0.2) is 12.1 Å². The third kappa shape index (κ3) is 10.5. The van der Waals surface area contributed by atoms with E-state index in [0.29, 0.717) is 26.3 Å². The first-order valence-corrected chi connectivity index (χ1v) is 15.5. The van der Waals surface area contributed by atoms with E-state index in [4.69, 9.17) is 9.47 Å². The molecule has 3 rings (SSSR count). The molecule has 2 fully saturated rings. The molecule has 2 amide bonds. The van der Waals surface area contributed by atoms with Crippen molar-refractivity contribution in [2.45, 2.75) is 130 Å². The maximum atomic E-state index is 12.2. The predicted octanol–water partition coefficient (Wildman–Crippen LogP) is 7.98. The minimum atomic E-state index is -0.410. The standard InChI is InChI=1S/C32H52N2O4/c1-3-37-31(35)33-23-28-22-21-27(19-11-17-25-13-7-5-8-14-25)29(30(28)24-34-32(36)38-4-2)20-12-18-26-15-9-6-10-16-26/h21-22,25-26H,3-20,23-24H2,1-2H3,(H,33,35)(H,34,36). The fourth-order valence-corrected chi connectivity index (χ4v) is 6.51. The summed E-state index contributed by atoms with van der Waals surface area (Å²) in [6, 6.07) is 4.40. The monoisotopic (exact) mass is 528 g/mol. The van der Waals surface area contributed by atoms with Crippen molar-refractivity contribution in [2.24, 2.45) is 11.8 Å². The van der Waals surface area contributed by atoms with Gasteiger partial charge < -0.3 is 20.1 Å². The summed E-state index contributed by atoms with van der Waals surface area (Å²) >= 11 is 0. The second-order valence-corrected chi connectivity index (χ2v) is 11.3. The number of carbonyl (C=O) groups excluding carboxylic acids is 2. The topological polar surface area (TPSA) is 76.7 Å². The zero-order chi connectivity index (χ0) is 27.0. The largest absolute Gasteiger partial charge is 0.450 e. The number of hydrogen-bond acceptors (Lipinski definition) is 4. The van der Waals surface area contributed by atoms with Crippen LogP contribution in [-0.2, 0) is 35.4 Å². The Bertz CT molecular complexity index is 844. The van der Waals surface area contributed by atoms with Gasteiger partial charge in [-0.3, -0.25) is 0 Å². The number of carbonyl (C=O) groups is 2. The summed E-state index contributed by atoms with van der Waals surface area (Å²) in [7, 11) is 0. The Morgan fingerprint density at radius 2 is 1.18 bits per heavy atom. The maximum Gasteiger partial charge on any atom is 0.407 e. The van der Waals surface area contributed by atoms with Crippen LogP contribution in [0.2, 0.25) is 0 Å². The van der Waals surface area contributed by atoms with Gasteiger partial charge in [-0.15, -0.1) is 0 Å². The van der Waals surface area contributed by atoms with Crippen molar-refractivity contribution >= 4 is 12.2 Å². The molecular formula is C32H52N2O4. The van der Waals surface area contributed by atoms with Gasteiger partial charge >= 0.3 is 12.2 Å². The van der Waals surface area contributed by atoms with Crippen molar-refractivity contribution in [2.75, 3.05) is 13.2 Å². The predicted molar refractivity (Wildman–Crippen MR) is 153 cm³/mol. The summed E-state index contributed by atoms with van der Waals surface area (Å²) in [5.41, 5.74) is 4.95. The first-order valence-electron chi connectivity index (χ1n) is 15.5. The van der Waals surface area contributed by atoms with Crippen molar-refractivity contribution in [1.29, 1.82) is 0 Å². The Hall–Kier alpha value is -2.24. The van der Waals surface area contributed by atoms with E-state index in [1.54, 1.807) is 6.92 Å². The zero-order valence-electron chi connectivity index (χ0n) is 24.1. The molecule has 2 aliphatic rings. The molecule has 0 aromatic heterocycles. The molecule has 1 aromatic carbocycles. The lowest BCUT2D eigenvalue weighted by atomic mass is 9.83. The van der Waals surface area contributed by atoms with E-state index < -0.39 is 12.2 Å². The summed E-state index contributed by atoms with van der Waals surface area (Å²) in [4.78, 5) is 24.3. The molecule has 0 heterocycles. The third-order valence-corrected chi connectivity index (χ3v) is 8.56. The minimum absolute atomic E-state index is 0.343. The molecule has 0 spiro atoms. The molecule has 0 atom stereocenters. The van der Waals surface area contributed by atoms with Crippen LogP contribution in [-0.4, -0.2) is 25.4 Å². The van der Waals surface area contributed by atoms with E-state index in [1.165, 1.54) is 101 Å². The van der Waals surface area contributed by atoms with E-state index in [9.17, 15) is 9.59 Å². The van der Waals surface area contributed by atoms with Gasteiger partial charge in [0.05, 0.1) is 13.2 Å². The maximum absolute atomic E-state index is 12.2. The van der Waals surface area contributed by atoms with Crippen molar-refractivity contribution in [3.05, 3.63) is 34.4 Å². The number of amides is 2. The molecule has 6 heteroatoms. The Morgan fingerprint density at radius 1 is 0.684 bits per heavy atom. The number of aryl methyl sites for hydroxylation is 1. The minimum Gasteiger partial charge on any atom is -0.450 e. The summed E-state index contributed by atoms with van der Waals surface area (Å²) in [6.07, 6.45) is 20.1. The molecule has 1 aromatic rings. The number of rotatable bonds is 14. The Morgan fingerprint density at radius 3 is 1.74 bits per heavy atom. The summed E-state index contributed by atoms with van der Waals surface area (Å²) in [6.45, 7) is 5.11. The summed E-state index contributed by atoms with van der Waals surface area (Å²) in [5, 5.41) is 5.85. The Labute approximate surface area is 231 Å². The van der Waals surface area contributed by atoms with Crippen LogP contribution >= 0.6 is 0 Å². The van der Waals surface area contributed by atoms with Gasteiger partial charge in [0.2, 0.25) is 0 Å². The fourth-order valence-electron chi connectivity index (χ4n) is 6.51. The van der Waals surface area contributed by atoms with Gasteiger partial charge in [-0.25, -0.2) is 9.59 Å². The van der Waals surface area contributed by atoms with Crippen LogP contribution in [0.1, 0.15) is 126 Å². The molecule has 38 heavy (non-hydrogen) atoms. The normalized spacial score (nSPS) is 16.7. The van der Waals surface area contributed by atoms with Gasteiger partial charge in [0, 0.05) is 13.1 Å². The molecule has 2 aliphatic carbocycles. The molecule has 0 unspecified atom stereocenters. The molecule has 6 nitrogen and oxygen atoms in total. The first kappa shape index (κ1) is 30.3. The van der Waals surface area contributed by atoms with Crippen LogP contribution < -0.4 is 10.6 Å². The van der Waals surface area contributed by atoms with Gasteiger partial charge in [-0.2, -0.15) is 0 Å². The highest BCUT2D eigenvalue weighted by atomic mass is 16.6. The van der Waals surface area contributed by atoms with Gasteiger partial charge in [0.15, 0.2) is 0 Å². The highest BCUT2D eigenvalue weighted by Crippen LogP contribution is 2.31. The second-order valence-electron chi connectivity index (χ2n) is 11.3. The van der Waals surface area contributed by atoms with Crippen LogP contribution in [0.25, 0.3) is 0 Å². The molecule has 0 saturated heterocycles.